The van der Waals surface area contributed by atoms with E-state index in [2.05, 4.69) is 19.2 Å². The van der Waals surface area contributed by atoms with Crippen molar-refractivity contribution in [3.8, 4) is 0 Å². The summed E-state index contributed by atoms with van der Waals surface area (Å²) < 4.78 is 6.01. The van der Waals surface area contributed by atoms with Crippen molar-refractivity contribution in [3.05, 3.63) is 0 Å². The first-order chi connectivity index (χ1) is 9.72. The lowest BCUT2D eigenvalue weighted by Crippen LogP contribution is -2.44. The second kappa shape index (κ2) is 10.4. The number of rotatable bonds is 12. The molecule has 0 bridgehead atoms. The van der Waals surface area contributed by atoms with Gasteiger partial charge in [0.2, 0.25) is 5.91 Å². The summed E-state index contributed by atoms with van der Waals surface area (Å²) in [7, 11) is 0. The number of unbranched alkanes of at least 4 members (excludes halogenated alkanes) is 3. The second-order valence-electron chi connectivity index (χ2n) is 7.00. The second-order valence-corrected chi connectivity index (χ2v) is 7.37. The highest BCUT2D eigenvalue weighted by Gasteiger charge is 2.22. The van der Waals surface area contributed by atoms with Crippen LogP contribution >= 0.6 is 11.6 Å². The Balaban J connectivity index is 3.88. The third kappa shape index (κ3) is 12.0. The molecule has 0 aromatic heterocycles. The van der Waals surface area contributed by atoms with Crippen molar-refractivity contribution in [2.24, 2.45) is 0 Å². The van der Waals surface area contributed by atoms with Crippen LogP contribution in [0.15, 0.2) is 0 Å². The van der Waals surface area contributed by atoms with E-state index in [-0.39, 0.29) is 17.0 Å². The Labute approximate surface area is 136 Å². The van der Waals surface area contributed by atoms with E-state index in [1.807, 2.05) is 20.8 Å². The summed E-state index contributed by atoms with van der Waals surface area (Å²) in [5.41, 5.74) is -0.296. The average molecular weight is 320 g/mol. The Morgan fingerprint density at radius 1 is 1.05 bits per heavy atom. The zero-order valence-corrected chi connectivity index (χ0v) is 15.3. The number of carbonyl (C=O) groups excluding carboxylic acids is 1. The van der Waals surface area contributed by atoms with E-state index in [9.17, 15) is 4.79 Å². The molecule has 0 aromatic carbocycles. The van der Waals surface area contributed by atoms with Crippen LogP contribution in [0.2, 0.25) is 0 Å². The van der Waals surface area contributed by atoms with Gasteiger partial charge in [-0.05, 0) is 47.0 Å². The fourth-order valence-electron chi connectivity index (χ4n) is 2.18. The molecule has 0 spiro atoms. The molecule has 1 amide bonds. The maximum atomic E-state index is 11.5. The number of ether oxygens (including phenoxy) is 1. The van der Waals surface area contributed by atoms with Crippen LogP contribution in [-0.2, 0) is 9.53 Å². The van der Waals surface area contributed by atoms with Crippen molar-refractivity contribution in [3.63, 3.8) is 0 Å². The molecule has 0 unspecified atom stereocenters. The van der Waals surface area contributed by atoms with Gasteiger partial charge in [0.25, 0.3) is 0 Å². The van der Waals surface area contributed by atoms with Gasteiger partial charge in [-0.25, -0.2) is 0 Å². The van der Waals surface area contributed by atoms with Crippen LogP contribution in [0.1, 0.15) is 79.6 Å². The van der Waals surface area contributed by atoms with Crippen molar-refractivity contribution >= 4 is 17.5 Å². The van der Waals surface area contributed by atoms with Crippen LogP contribution < -0.4 is 5.32 Å². The van der Waals surface area contributed by atoms with Gasteiger partial charge in [0, 0.05) is 24.4 Å². The minimum atomic E-state index is -0.205. The smallest absolute Gasteiger partial charge is 0.220 e. The molecule has 4 heteroatoms. The Morgan fingerprint density at radius 2 is 1.67 bits per heavy atom. The summed E-state index contributed by atoms with van der Waals surface area (Å²) in [5.74, 6) is 0.858. The van der Waals surface area contributed by atoms with Crippen molar-refractivity contribution < 1.29 is 9.53 Å². The van der Waals surface area contributed by atoms with Gasteiger partial charge >= 0.3 is 0 Å². The first kappa shape index (κ1) is 20.7. The van der Waals surface area contributed by atoms with Crippen molar-refractivity contribution in [1.29, 1.82) is 0 Å². The van der Waals surface area contributed by atoms with Crippen LogP contribution in [0.3, 0.4) is 0 Å². The van der Waals surface area contributed by atoms with Crippen molar-refractivity contribution in [2.45, 2.75) is 90.7 Å². The molecule has 0 atom stereocenters. The predicted molar refractivity (Wildman–Crippen MR) is 91.0 cm³/mol. The Bertz CT molecular complexity index is 291. The van der Waals surface area contributed by atoms with Gasteiger partial charge in [0.15, 0.2) is 0 Å². The molecule has 0 aliphatic heterocycles. The number of carbonyl (C=O) groups is 1. The molecule has 0 heterocycles. The number of hydrogen-bond donors (Lipinski definition) is 1. The minimum Gasteiger partial charge on any atom is -0.375 e. The molecular formula is C17H34ClNO2. The maximum absolute atomic E-state index is 11.5. The molecule has 0 aromatic rings. The highest BCUT2D eigenvalue weighted by molar-refractivity contribution is 6.17. The zero-order chi connectivity index (χ0) is 16.4. The van der Waals surface area contributed by atoms with Gasteiger partial charge in [0.05, 0.1) is 5.60 Å². The highest BCUT2D eigenvalue weighted by atomic mass is 35.5. The van der Waals surface area contributed by atoms with E-state index < -0.39 is 0 Å². The van der Waals surface area contributed by atoms with Gasteiger partial charge in [-0.1, -0.05) is 26.2 Å². The first-order valence-corrected chi connectivity index (χ1v) is 8.77. The van der Waals surface area contributed by atoms with E-state index in [1.165, 1.54) is 19.3 Å². The van der Waals surface area contributed by atoms with E-state index in [0.717, 1.165) is 25.1 Å². The van der Waals surface area contributed by atoms with E-state index in [0.29, 0.717) is 13.0 Å². The highest BCUT2D eigenvalue weighted by Crippen LogP contribution is 2.20. The molecule has 0 saturated heterocycles. The van der Waals surface area contributed by atoms with Crippen LogP contribution in [-0.4, -0.2) is 29.5 Å². The molecule has 0 aliphatic rings. The topological polar surface area (TPSA) is 38.3 Å². The maximum Gasteiger partial charge on any atom is 0.220 e. The van der Waals surface area contributed by atoms with E-state index >= 15 is 0 Å². The Morgan fingerprint density at radius 3 is 2.24 bits per heavy atom. The SMILES string of the molecule is CCC(=O)NC(C)(C)CCOC(C)(C)CCCCCCCl. The number of amides is 1. The summed E-state index contributed by atoms with van der Waals surface area (Å²) >= 11 is 5.67. The van der Waals surface area contributed by atoms with Gasteiger partial charge in [-0.3, -0.25) is 4.79 Å². The third-order valence-corrected chi connectivity index (χ3v) is 3.95. The van der Waals surface area contributed by atoms with Gasteiger partial charge < -0.3 is 10.1 Å². The summed E-state index contributed by atoms with van der Waals surface area (Å²) in [6, 6.07) is 0. The molecule has 0 rings (SSSR count). The standard InChI is InChI=1S/C17H34ClNO2/c1-6-15(20)19-16(2,3)12-14-21-17(4,5)11-9-7-8-10-13-18/h6-14H2,1-5H3,(H,19,20). The van der Waals surface area contributed by atoms with Crippen LogP contribution in [0.25, 0.3) is 0 Å². The van der Waals surface area contributed by atoms with Crippen LogP contribution in [0.5, 0.6) is 0 Å². The third-order valence-electron chi connectivity index (χ3n) is 3.68. The van der Waals surface area contributed by atoms with Gasteiger partial charge in [0.1, 0.15) is 0 Å². The van der Waals surface area contributed by atoms with Gasteiger partial charge in [-0.15, -0.1) is 11.6 Å². The minimum absolute atomic E-state index is 0.0915. The number of alkyl halides is 1. The first-order valence-electron chi connectivity index (χ1n) is 8.23. The predicted octanol–water partition coefficient (Wildman–Crippen LogP) is 4.67. The number of hydrogen-bond acceptors (Lipinski definition) is 2. The fourth-order valence-corrected chi connectivity index (χ4v) is 2.37. The average Bonchev–Trinajstić information content (AvgIpc) is 2.37. The largest absolute Gasteiger partial charge is 0.375 e. The molecule has 0 aliphatic carbocycles. The van der Waals surface area contributed by atoms with E-state index in [4.69, 9.17) is 16.3 Å². The molecule has 21 heavy (non-hydrogen) atoms. The molecule has 3 nitrogen and oxygen atoms in total. The quantitative estimate of drug-likeness (QED) is 0.419. The molecular weight excluding hydrogens is 286 g/mol. The zero-order valence-electron chi connectivity index (χ0n) is 14.6. The summed E-state index contributed by atoms with van der Waals surface area (Å²) in [6.07, 6.45) is 7.13. The molecule has 0 saturated carbocycles. The molecule has 1 N–H and O–H groups in total. The summed E-state index contributed by atoms with van der Waals surface area (Å²) in [5, 5.41) is 3.03. The molecule has 0 radical (unpaired) electrons. The lowest BCUT2D eigenvalue weighted by molar-refractivity contribution is -0.122. The molecule has 126 valence electrons. The van der Waals surface area contributed by atoms with Crippen molar-refractivity contribution in [1.82, 2.24) is 5.32 Å². The number of halogens is 1. The fraction of sp³-hybridized carbons (Fsp3) is 0.941. The van der Waals surface area contributed by atoms with E-state index in [1.54, 1.807) is 0 Å². The lowest BCUT2D eigenvalue weighted by Gasteiger charge is -2.30. The Kier molecular flexibility index (Phi) is 10.3. The normalized spacial score (nSPS) is 12.5. The molecule has 0 fully saturated rings. The summed E-state index contributed by atoms with van der Waals surface area (Å²) in [4.78, 5) is 11.5. The lowest BCUT2D eigenvalue weighted by atomic mass is 9.98. The van der Waals surface area contributed by atoms with Gasteiger partial charge in [-0.2, -0.15) is 0 Å². The van der Waals surface area contributed by atoms with Crippen molar-refractivity contribution in [2.75, 3.05) is 12.5 Å². The van der Waals surface area contributed by atoms with Crippen LogP contribution in [0.4, 0.5) is 0 Å². The Hall–Kier alpha value is -0.280. The monoisotopic (exact) mass is 319 g/mol. The summed E-state index contributed by atoms with van der Waals surface area (Å²) in [6.45, 7) is 10.9. The number of nitrogens with one attached hydrogen (secondary N) is 1. The van der Waals surface area contributed by atoms with Crippen LogP contribution in [0, 0.1) is 0 Å².